The summed E-state index contributed by atoms with van der Waals surface area (Å²) in [5.41, 5.74) is 7.23. The highest BCUT2D eigenvalue weighted by Crippen LogP contribution is 2.21. The van der Waals surface area contributed by atoms with Crippen LogP contribution in [0.4, 0.5) is 10.3 Å². The fraction of sp³-hybridized carbons (Fsp3) is 0.308. The molecule has 0 saturated carbocycles. The van der Waals surface area contributed by atoms with E-state index in [1.807, 2.05) is 13.8 Å². The van der Waals surface area contributed by atoms with Crippen LogP contribution >= 0.6 is 0 Å². The van der Waals surface area contributed by atoms with Crippen LogP contribution in [-0.4, -0.2) is 15.0 Å². The molecule has 2 N–H and O–H groups in total. The van der Waals surface area contributed by atoms with Gasteiger partial charge in [0.25, 0.3) is 0 Å². The van der Waals surface area contributed by atoms with E-state index in [4.69, 9.17) is 5.73 Å². The van der Waals surface area contributed by atoms with Crippen LogP contribution in [0.15, 0.2) is 18.2 Å². The van der Waals surface area contributed by atoms with E-state index in [1.54, 1.807) is 6.07 Å². The number of aryl methyl sites for hydroxylation is 2. The van der Waals surface area contributed by atoms with Crippen molar-refractivity contribution in [2.24, 2.45) is 0 Å². The Morgan fingerprint density at radius 3 is 2.67 bits per heavy atom. The lowest BCUT2D eigenvalue weighted by atomic mass is 10.1. The lowest BCUT2D eigenvalue weighted by Gasteiger charge is -2.07. The Kier molecular flexibility index (Phi) is 3.50. The fourth-order valence-electron chi connectivity index (χ4n) is 1.77. The predicted octanol–water partition coefficient (Wildman–Crippen LogP) is 2.52. The van der Waals surface area contributed by atoms with Crippen molar-refractivity contribution >= 4 is 5.95 Å². The Labute approximate surface area is 105 Å². The van der Waals surface area contributed by atoms with Gasteiger partial charge >= 0.3 is 0 Å². The molecule has 0 spiro atoms. The van der Waals surface area contributed by atoms with Crippen LogP contribution in [-0.2, 0) is 6.42 Å². The lowest BCUT2D eigenvalue weighted by Crippen LogP contribution is -2.05. The SMILES string of the molecule is CCCc1nc(N)nc(-c2ccc(F)cc2C)n1. The van der Waals surface area contributed by atoms with Gasteiger partial charge in [0.1, 0.15) is 11.6 Å². The lowest BCUT2D eigenvalue weighted by molar-refractivity contribution is 0.627. The van der Waals surface area contributed by atoms with Gasteiger partial charge in [0.15, 0.2) is 5.82 Å². The van der Waals surface area contributed by atoms with Crippen molar-refractivity contribution in [3.05, 3.63) is 35.4 Å². The maximum absolute atomic E-state index is 13.1. The largest absolute Gasteiger partial charge is 0.368 e. The number of anilines is 1. The van der Waals surface area contributed by atoms with E-state index in [9.17, 15) is 4.39 Å². The van der Waals surface area contributed by atoms with Crippen LogP contribution in [0.3, 0.4) is 0 Å². The second-order valence-electron chi connectivity index (χ2n) is 4.14. The van der Waals surface area contributed by atoms with Crippen LogP contribution in [0.2, 0.25) is 0 Å². The second kappa shape index (κ2) is 5.08. The third kappa shape index (κ3) is 2.61. The molecule has 2 aromatic rings. The molecule has 0 atom stereocenters. The van der Waals surface area contributed by atoms with Gasteiger partial charge in [-0.15, -0.1) is 0 Å². The standard InChI is InChI=1S/C13H15FN4/c1-3-4-11-16-12(18-13(15)17-11)10-6-5-9(14)7-8(10)2/h5-7H,3-4H2,1-2H3,(H2,15,16,17,18). The van der Waals surface area contributed by atoms with Crippen molar-refractivity contribution in [2.75, 3.05) is 5.73 Å². The number of nitrogens with zero attached hydrogens (tertiary/aromatic N) is 3. The van der Waals surface area contributed by atoms with Gasteiger partial charge in [-0.1, -0.05) is 6.92 Å². The molecule has 1 aromatic heterocycles. The molecule has 0 aliphatic rings. The molecule has 1 aromatic carbocycles. The molecule has 0 aliphatic carbocycles. The van der Waals surface area contributed by atoms with Crippen LogP contribution in [0.1, 0.15) is 24.7 Å². The van der Waals surface area contributed by atoms with Gasteiger partial charge in [-0.05, 0) is 37.1 Å². The zero-order valence-corrected chi connectivity index (χ0v) is 10.4. The first kappa shape index (κ1) is 12.4. The minimum atomic E-state index is -0.271. The third-order valence-corrected chi connectivity index (χ3v) is 2.60. The van der Waals surface area contributed by atoms with Crippen LogP contribution < -0.4 is 5.73 Å². The summed E-state index contributed by atoms with van der Waals surface area (Å²) in [6, 6.07) is 4.51. The van der Waals surface area contributed by atoms with Gasteiger partial charge in [-0.2, -0.15) is 9.97 Å². The molecule has 0 radical (unpaired) electrons. The Bertz CT molecular complexity index is 569. The number of benzene rings is 1. The fourth-order valence-corrected chi connectivity index (χ4v) is 1.77. The number of hydrogen-bond acceptors (Lipinski definition) is 4. The molecule has 18 heavy (non-hydrogen) atoms. The molecule has 0 amide bonds. The molecule has 1 heterocycles. The van der Waals surface area contributed by atoms with E-state index >= 15 is 0 Å². The quantitative estimate of drug-likeness (QED) is 0.903. The van der Waals surface area contributed by atoms with Crippen molar-refractivity contribution in [3.63, 3.8) is 0 Å². The van der Waals surface area contributed by atoms with Gasteiger partial charge < -0.3 is 5.73 Å². The van der Waals surface area contributed by atoms with Gasteiger partial charge in [-0.25, -0.2) is 9.37 Å². The van der Waals surface area contributed by atoms with Crippen LogP contribution in [0, 0.1) is 12.7 Å². The minimum Gasteiger partial charge on any atom is -0.368 e. The van der Waals surface area contributed by atoms with Crippen LogP contribution in [0.25, 0.3) is 11.4 Å². The smallest absolute Gasteiger partial charge is 0.223 e. The Morgan fingerprint density at radius 1 is 1.22 bits per heavy atom. The van der Waals surface area contributed by atoms with Crippen molar-refractivity contribution in [3.8, 4) is 11.4 Å². The Morgan fingerprint density at radius 2 is 2.00 bits per heavy atom. The van der Waals surface area contributed by atoms with E-state index in [0.717, 1.165) is 24.0 Å². The van der Waals surface area contributed by atoms with Gasteiger partial charge in [-0.3, -0.25) is 0 Å². The molecule has 0 aliphatic heterocycles. The highest BCUT2D eigenvalue weighted by atomic mass is 19.1. The van der Waals surface area contributed by atoms with E-state index in [-0.39, 0.29) is 11.8 Å². The number of nitrogen functional groups attached to an aromatic ring is 1. The van der Waals surface area contributed by atoms with Gasteiger partial charge in [0.05, 0.1) is 0 Å². The highest BCUT2D eigenvalue weighted by molar-refractivity contribution is 5.60. The summed E-state index contributed by atoms with van der Waals surface area (Å²) < 4.78 is 13.1. The summed E-state index contributed by atoms with van der Waals surface area (Å²) in [6.45, 7) is 3.86. The molecule has 94 valence electrons. The summed E-state index contributed by atoms with van der Waals surface area (Å²) in [5.74, 6) is 1.10. The maximum atomic E-state index is 13.1. The Hall–Kier alpha value is -2.04. The monoisotopic (exact) mass is 246 g/mol. The molecule has 2 rings (SSSR count). The zero-order valence-electron chi connectivity index (χ0n) is 10.4. The second-order valence-corrected chi connectivity index (χ2v) is 4.14. The zero-order chi connectivity index (χ0) is 13.1. The summed E-state index contributed by atoms with van der Waals surface area (Å²) in [5, 5.41) is 0. The summed E-state index contributed by atoms with van der Waals surface area (Å²) >= 11 is 0. The predicted molar refractivity (Wildman–Crippen MR) is 68.4 cm³/mol. The van der Waals surface area contributed by atoms with E-state index in [2.05, 4.69) is 15.0 Å². The first-order valence-electron chi connectivity index (χ1n) is 5.87. The normalized spacial score (nSPS) is 10.6. The van der Waals surface area contributed by atoms with E-state index in [0.29, 0.717) is 11.6 Å². The van der Waals surface area contributed by atoms with Crippen molar-refractivity contribution in [1.82, 2.24) is 15.0 Å². The number of rotatable bonds is 3. The highest BCUT2D eigenvalue weighted by Gasteiger charge is 2.09. The average molecular weight is 246 g/mol. The first-order valence-corrected chi connectivity index (χ1v) is 5.87. The van der Waals surface area contributed by atoms with Crippen LogP contribution in [0.5, 0.6) is 0 Å². The molecular weight excluding hydrogens is 231 g/mol. The molecule has 5 heteroatoms. The van der Waals surface area contributed by atoms with Gasteiger partial charge in [0, 0.05) is 12.0 Å². The summed E-state index contributed by atoms with van der Waals surface area (Å²) in [6.07, 6.45) is 1.69. The Balaban J connectivity index is 2.49. The number of aromatic nitrogens is 3. The van der Waals surface area contributed by atoms with Gasteiger partial charge in [0.2, 0.25) is 5.95 Å². The van der Waals surface area contributed by atoms with Crippen molar-refractivity contribution in [1.29, 1.82) is 0 Å². The number of hydrogen-bond donors (Lipinski definition) is 1. The van der Waals surface area contributed by atoms with Crippen molar-refractivity contribution < 1.29 is 4.39 Å². The number of halogens is 1. The first-order chi connectivity index (χ1) is 8.60. The van der Waals surface area contributed by atoms with Crippen molar-refractivity contribution in [2.45, 2.75) is 26.7 Å². The third-order valence-electron chi connectivity index (χ3n) is 2.60. The number of nitrogens with two attached hydrogens (primary N) is 1. The summed E-state index contributed by atoms with van der Waals surface area (Å²) in [4.78, 5) is 12.5. The summed E-state index contributed by atoms with van der Waals surface area (Å²) in [7, 11) is 0. The van der Waals surface area contributed by atoms with E-state index in [1.165, 1.54) is 12.1 Å². The average Bonchev–Trinajstić information content (AvgIpc) is 2.28. The molecule has 0 fully saturated rings. The molecule has 4 nitrogen and oxygen atoms in total. The maximum Gasteiger partial charge on any atom is 0.223 e. The molecule has 0 unspecified atom stereocenters. The topological polar surface area (TPSA) is 64.7 Å². The molecule has 0 saturated heterocycles. The molecular formula is C13H15FN4. The molecule has 0 bridgehead atoms. The minimum absolute atomic E-state index is 0.201. The van der Waals surface area contributed by atoms with E-state index < -0.39 is 0 Å².